The van der Waals surface area contributed by atoms with E-state index in [-0.39, 0.29) is 12.1 Å². The zero-order chi connectivity index (χ0) is 19.9. The van der Waals surface area contributed by atoms with Crippen molar-refractivity contribution in [2.45, 2.75) is 103 Å². The molecule has 2 fully saturated rings. The molecular weight excluding hydrogens is 344 g/mol. The van der Waals surface area contributed by atoms with Gasteiger partial charge >= 0.3 is 5.97 Å². The van der Waals surface area contributed by atoms with Crippen LogP contribution in [-0.2, 0) is 4.74 Å². The van der Waals surface area contributed by atoms with Gasteiger partial charge in [-0.2, -0.15) is 0 Å². The number of benzene rings is 1. The van der Waals surface area contributed by atoms with E-state index in [9.17, 15) is 4.79 Å². The van der Waals surface area contributed by atoms with Gasteiger partial charge in [-0.15, -0.1) is 0 Å². The molecular formula is C26H40O2. The second kappa shape index (κ2) is 10.5. The molecule has 0 N–H and O–H groups in total. The molecule has 1 aromatic rings. The normalized spacial score (nSPS) is 30.8. The third-order valence-electron chi connectivity index (χ3n) is 7.39. The molecule has 0 saturated heterocycles. The minimum atomic E-state index is -0.134. The van der Waals surface area contributed by atoms with Gasteiger partial charge in [-0.25, -0.2) is 4.79 Å². The van der Waals surface area contributed by atoms with Crippen molar-refractivity contribution in [1.29, 1.82) is 0 Å². The smallest absolute Gasteiger partial charge is 0.338 e. The van der Waals surface area contributed by atoms with E-state index in [1.54, 1.807) is 0 Å². The summed E-state index contributed by atoms with van der Waals surface area (Å²) in [4.78, 5) is 12.6. The maximum Gasteiger partial charge on any atom is 0.338 e. The predicted molar refractivity (Wildman–Crippen MR) is 117 cm³/mol. The summed E-state index contributed by atoms with van der Waals surface area (Å²) in [6, 6.07) is 8.32. The standard InChI is InChI=1S/C26H40O2/c1-4-6-20-8-16-25(17-9-20)28-26(27)23-13-11-22(12-14-23)24-15-10-21(7-5-2)19(3)18-24/h11-14,19-21,24-25H,4-10,15-18H2,1-3H3/t19-,20?,21-,24-,25?/m1/s1. The molecule has 28 heavy (non-hydrogen) atoms. The van der Waals surface area contributed by atoms with Crippen molar-refractivity contribution >= 4 is 5.97 Å². The summed E-state index contributed by atoms with van der Waals surface area (Å²) in [5.74, 6) is 3.08. The van der Waals surface area contributed by atoms with Gasteiger partial charge in [0.15, 0.2) is 0 Å². The largest absolute Gasteiger partial charge is 0.459 e. The van der Waals surface area contributed by atoms with Crippen LogP contribution < -0.4 is 0 Å². The van der Waals surface area contributed by atoms with Crippen LogP contribution in [-0.4, -0.2) is 12.1 Å². The number of hydrogen-bond donors (Lipinski definition) is 0. The second-order valence-corrected chi connectivity index (χ2v) is 9.49. The zero-order valence-electron chi connectivity index (χ0n) is 18.3. The lowest BCUT2D eigenvalue weighted by Gasteiger charge is -2.34. The van der Waals surface area contributed by atoms with Gasteiger partial charge < -0.3 is 4.74 Å². The van der Waals surface area contributed by atoms with Crippen LogP contribution in [0.15, 0.2) is 24.3 Å². The molecule has 0 amide bonds. The van der Waals surface area contributed by atoms with Crippen LogP contribution >= 0.6 is 0 Å². The summed E-state index contributed by atoms with van der Waals surface area (Å²) in [5, 5.41) is 0. The van der Waals surface area contributed by atoms with Crippen molar-refractivity contribution in [3.05, 3.63) is 35.4 Å². The van der Waals surface area contributed by atoms with Gasteiger partial charge in [-0.3, -0.25) is 0 Å². The SMILES string of the molecule is CCCC1CCC(OC(=O)c2ccc([C@@H]3CC[C@@H](CCC)[C@H](C)C3)cc2)CC1. The van der Waals surface area contributed by atoms with Crippen molar-refractivity contribution < 1.29 is 9.53 Å². The van der Waals surface area contributed by atoms with Crippen LogP contribution in [0.1, 0.15) is 113 Å². The van der Waals surface area contributed by atoms with Crippen molar-refractivity contribution in [1.82, 2.24) is 0 Å². The van der Waals surface area contributed by atoms with Gasteiger partial charge in [0.1, 0.15) is 6.10 Å². The summed E-state index contributed by atoms with van der Waals surface area (Å²) in [7, 11) is 0. The molecule has 2 nitrogen and oxygen atoms in total. The van der Waals surface area contributed by atoms with Crippen LogP contribution in [0.3, 0.4) is 0 Å². The summed E-state index contributed by atoms with van der Waals surface area (Å²) in [5.41, 5.74) is 2.12. The van der Waals surface area contributed by atoms with Gasteiger partial charge in [0.05, 0.1) is 5.56 Å². The number of hydrogen-bond acceptors (Lipinski definition) is 2. The minimum absolute atomic E-state index is 0.120. The van der Waals surface area contributed by atoms with Gasteiger partial charge in [-0.1, -0.05) is 58.6 Å². The summed E-state index contributed by atoms with van der Waals surface area (Å²) in [6.07, 6.45) is 13.8. The van der Waals surface area contributed by atoms with E-state index in [1.165, 1.54) is 63.4 Å². The fourth-order valence-corrected chi connectivity index (χ4v) is 5.62. The lowest BCUT2D eigenvalue weighted by molar-refractivity contribution is 0.0161. The van der Waals surface area contributed by atoms with Gasteiger partial charge in [0.25, 0.3) is 0 Å². The van der Waals surface area contributed by atoms with Crippen LogP contribution in [0.4, 0.5) is 0 Å². The quantitative estimate of drug-likeness (QED) is 0.454. The van der Waals surface area contributed by atoms with E-state index in [1.807, 2.05) is 12.1 Å². The average Bonchev–Trinajstić information content (AvgIpc) is 2.71. The molecule has 0 radical (unpaired) electrons. The maximum atomic E-state index is 12.6. The summed E-state index contributed by atoms with van der Waals surface area (Å²) >= 11 is 0. The van der Waals surface area contributed by atoms with Crippen LogP contribution in [0.2, 0.25) is 0 Å². The molecule has 0 spiro atoms. The molecule has 2 saturated carbocycles. The molecule has 0 heterocycles. The number of ether oxygens (including phenoxy) is 1. The highest BCUT2D eigenvalue weighted by molar-refractivity contribution is 5.89. The second-order valence-electron chi connectivity index (χ2n) is 9.49. The number of carbonyl (C=O) groups is 1. The van der Waals surface area contributed by atoms with Gasteiger partial charge in [-0.05, 0) is 86.3 Å². The van der Waals surface area contributed by atoms with E-state index >= 15 is 0 Å². The summed E-state index contributed by atoms with van der Waals surface area (Å²) < 4.78 is 5.81. The first-order chi connectivity index (χ1) is 13.6. The van der Waals surface area contributed by atoms with E-state index < -0.39 is 0 Å². The third kappa shape index (κ3) is 5.61. The van der Waals surface area contributed by atoms with Crippen molar-refractivity contribution in [3.8, 4) is 0 Å². The van der Waals surface area contributed by atoms with Crippen LogP contribution in [0.5, 0.6) is 0 Å². The molecule has 2 aliphatic carbocycles. The minimum Gasteiger partial charge on any atom is -0.459 e. The first kappa shape index (κ1) is 21.4. The maximum absolute atomic E-state index is 12.6. The molecule has 2 aliphatic rings. The van der Waals surface area contributed by atoms with E-state index in [0.717, 1.165) is 30.6 Å². The summed E-state index contributed by atoms with van der Waals surface area (Å²) in [6.45, 7) is 6.98. The molecule has 0 aromatic heterocycles. The lowest BCUT2D eigenvalue weighted by Crippen LogP contribution is -2.24. The fraction of sp³-hybridized carbons (Fsp3) is 0.731. The Morgan fingerprint density at radius 1 is 0.929 bits per heavy atom. The molecule has 0 unspecified atom stereocenters. The van der Waals surface area contributed by atoms with E-state index in [0.29, 0.717) is 11.5 Å². The molecule has 3 atom stereocenters. The zero-order valence-corrected chi connectivity index (χ0v) is 18.3. The lowest BCUT2D eigenvalue weighted by atomic mass is 9.71. The molecule has 3 rings (SSSR count). The predicted octanol–water partition coefficient (Wildman–Crippen LogP) is 7.52. The van der Waals surface area contributed by atoms with Crippen LogP contribution in [0, 0.1) is 17.8 Å². The van der Waals surface area contributed by atoms with Gasteiger partial charge in [0.2, 0.25) is 0 Å². The molecule has 2 heteroatoms. The Morgan fingerprint density at radius 3 is 2.21 bits per heavy atom. The Kier molecular flexibility index (Phi) is 8.00. The highest BCUT2D eigenvalue weighted by Gasteiger charge is 2.28. The number of rotatable bonds is 7. The van der Waals surface area contributed by atoms with E-state index in [2.05, 4.69) is 32.9 Å². The average molecular weight is 385 g/mol. The third-order valence-corrected chi connectivity index (χ3v) is 7.39. The van der Waals surface area contributed by atoms with Gasteiger partial charge in [0, 0.05) is 0 Å². The molecule has 0 bridgehead atoms. The fourth-order valence-electron chi connectivity index (χ4n) is 5.62. The van der Waals surface area contributed by atoms with Crippen molar-refractivity contribution in [2.24, 2.45) is 17.8 Å². The Labute approximate surface area is 172 Å². The van der Waals surface area contributed by atoms with E-state index in [4.69, 9.17) is 4.74 Å². The highest BCUT2D eigenvalue weighted by Crippen LogP contribution is 2.41. The number of esters is 1. The first-order valence-electron chi connectivity index (χ1n) is 11.9. The first-order valence-corrected chi connectivity index (χ1v) is 11.9. The Morgan fingerprint density at radius 2 is 1.61 bits per heavy atom. The molecule has 156 valence electrons. The Balaban J connectivity index is 1.50. The molecule has 1 aromatic carbocycles. The monoisotopic (exact) mass is 384 g/mol. The Hall–Kier alpha value is -1.31. The highest BCUT2D eigenvalue weighted by atomic mass is 16.5. The Bertz CT molecular complexity index is 597. The topological polar surface area (TPSA) is 26.3 Å². The van der Waals surface area contributed by atoms with Crippen LogP contribution in [0.25, 0.3) is 0 Å². The molecule has 0 aliphatic heterocycles. The van der Waals surface area contributed by atoms with Crippen molar-refractivity contribution in [2.75, 3.05) is 0 Å². The number of carbonyl (C=O) groups excluding carboxylic acids is 1. The van der Waals surface area contributed by atoms with Crippen molar-refractivity contribution in [3.63, 3.8) is 0 Å².